The molecule has 19 heavy (non-hydrogen) atoms. The van der Waals surface area contributed by atoms with Crippen molar-refractivity contribution in [3.63, 3.8) is 0 Å². The molecule has 1 heterocycles. The topological polar surface area (TPSA) is 39.4 Å². The minimum Gasteiger partial charge on any atom is -0.465 e. The summed E-state index contributed by atoms with van der Waals surface area (Å²) in [7, 11) is 0. The van der Waals surface area contributed by atoms with Gasteiger partial charge in [0, 0.05) is 11.1 Å². The quantitative estimate of drug-likeness (QED) is 0.480. The zero-order chi connectivity index (χ0) is 13.8. The van der Waals surface area contributed by atoms with Crippen LogP contribution in [0.1, 0.15) is 16.9 Å². The van der Waals surface area contributed by atoms with Crippen molar-refractivity contribution in [1.29, 1.82) is 0 Å². The molecule has 0 amide bonds. The predicted octanol–water partition coefficient (Wildman–Crippen LogP) is 4.17. The zero-order valence-corrected chi connectivity index (χ0v) is 11.4. The third-order valence-electron chi connectivity index (χ3n) is 2.56. The molecular weight excluding hydrogens is 264 g/mol. The number of benzene rings is 1. The highest BCUT2D eigenvalue weighted by atomic mass is 35.5. The molecule has 2 rings (SSSR count). The Bertz CT molecular complexity index is 589. The summed E-state index contributed by atoms with van der Waals surface area (Å²) in [5.41, 5.74) is 1.75. The fourth-order valence-electron chi connectivity index (χ4n) is 1.65. The Balaban J connectivity index is 2.07. The van der Waals surface area contributed by atoms with Crippen LogP contribution in [0.4, 0.5) is 0 Å². The van der Waals surface area contributed by atoms with Gasteiger partial charge in [0.25, 0.3) is 0 Å². The molecule has 2 aromatic rings. The highest BCUT2D eigenvalue weighted by Crippen LogP contribution is 2.25. The van der Waals surface area contributed by atoms with E-state index in [1.165, 1.54) is 12.3 Å². The number of carbonyl (C=O) groups is 1. The van der Waals surface area contributed by atoms with Crippen molar-refractivity contribution in [2.45, 2.75) is 13.8 Å². The minimum absolute atomic E-state index is 0.461. The molecule has 4 heteroatoms. The highest BCUT2D eigenvalue weighted by molar-refractivity contribution is 6.32. The first kappa shape index (κ1) is 13.4. The molecule has 0 bridgehead atoms. The molecule has 0 saturated carbocycles. The van der Waals surface area contributed by atoms with Gasteiger partial charge in [-0.2, -0.15) is 0 Å². The van der Waals surface area contributed by atoms with Crippen molar-refractivity contribution in [3.8, 4) is 5.75 Å². The molecule has 1 aromatic heterocycles. The van der Waals surface area contributed by atoms with E-state index >= 15 is 0 Å². The molecule has 0 unspecified atom stereocenters. The van der Waals surface area contributed by atoms with Crippen LogP contribution in [0, 0.1) is 13.8 Å². The number of furan rings is 1. The van der Waals surface area contributed by atoms with Gasteiger partial charge in [-0.05, 0) is 55.3 Å². The number of hydrogen-bond acceptors (Lipinski definition) is 3. The van der Waals surface area contributed by atoms with Gasteiger partial charge < -0.3 is 9.15 Å². The Morgan fingerprint density at radius 2 is 2.00 bits per heavy atom. The molecule has 0 radical (unpaired) electrons. The van der Waals surface area contributed by atoms with E-state index < -0.39 is 5.97 Å². The summed E-state index contributed by atoms with van der Waals surface area (Å²) in [6.45, 7) is 3.73. The largest absolute Gasteiger partial charge is 0.465 e. The van der Waals surface area contributed by atoms with Crippen LogP contribution in [0.5, 0.6) is 5.75 Å². The van der Waals surface area contributed by atoms with Gasteiger partial charge >= 0.3 is 5.97 Å². The van der Waals surface area contributed by atoms with Gasteiger partial charge in [-0.1, -0.05) is 11.6 Å². The molecule has 98 valence electrons. The smallest absolute Gasteiger partial charge is 0.336 e. The van der Waals surface area contributed by atoms with Crippen LogP contribution in [-0.2, 0) is 4.79 Å². The van der Waals surface area contributed by atoms with Crippen LogP contribution >= 0.6 is 11.6 Å². The average molecular weight is 277 g/mol. The number of esters is 1. The first-order valence-corrected chi connectivity index (χ1v) is 6.14. The first-order chi connectivity index (χ1) is 9.06. The Morgan fingerprint density at radius 3 is 2.58 bits per heavy atom. The summed E-state index contributed by atoms with van der Waals surface area (Å²) in [4.78, 5) is 11.6. The number of carbonyl (C=O) groups excluding carboxylic acids is 1. The maximum absolute atomic E-state index is 11.6. The minimum atomic E-state index is -0.461. The van der Waals surface area contributed by atoms with Crippen LogP contribution in [0.3, 0.4) is 0 Å². The molecule has 0 spiro atoms. The Kier molecular flexibility index (Phi) is 4.07. The zero-order valence-electron chi connectivity index (χ0n) is 10.6. The number of ether oxygens (including phenoxy) is 1. The Morgan fingerprint density at radius 1 is 1.32 bits per heavy atom. The van der Waals surface area contributed by atoms with Gasteiger partial charge in [0.1, 0.15) is 11.5 Å². The molecule has 0 saturated heterocycles. The van der Waals surface area contributed by atoms with Gasteiger partial charge in [0.15, 0.2) is 0 Å². The molecule has 0 N–H and O–H groups in total. The van der Waals surface area contributed by atoms with E-state index in [1.807, 2.05) is 13.8 Å². The van der Waals surface area contributed by atoms with Crippen molar-refractivity contribution in [1.82, 2.24) is 0 Å². The second-order valence-electron chi connectivity index (χ2n) is 4.14. The number of rotatable bonds is 3. The van der Waals surface area contributed by atoms with E-state index in [4.69, 9.17) is 20.8 Å². The van der Waals surface area contributed by atoms with E-state index in [1.54, 1.807) is 30.3 Å². The maximum Gasteiger partial charge on any atom is 0.336 e. The average Bonchev–Trinajstić information content (AvgIpc) is 2.86. The van der Waals surface area contributed by atoms with E-state index in [-0.39, 0.29) is 0 Å². The molecule has 0 aliphatic rings. The molecular formula is C15H13ClO3. The van der Waals surface area contributed by atoms with E-state index in [9.17, 15) is 4.79 Å². The van der Waals surface area contributed by atoms with Crippen molar-refractivity contribution in [2.75, 3.05) is 0 Å². The summed E-state index contributed by atoms with van der Waals surface area (Å²) in [5, 5.41) is 0.686. The number of hydrogen-bond donors (Lipinski definition) is 0. The fourth-order valence-corrected chi connectivity index (χ4v) is 1.76. The lowest BCUT2D eigenvalue weighted by Crippen LogP contribution is -2.04. The Hall–Kier alpha value is -2.00. The van der Waals surface area contributed by atoms with Crippen molar-refractivity contribution in [3.05, 3.63) is 58.5 Å². The Labute approximate surface area is 116 Å². The third kappa shape index (κ3) is 3.48. The molecule has 0 aliphatic carbocycles. The summed E-state index contributed by atoms with van der Waals surface area (Å²) in [6, 6.07) is 6.96. The van der Waals surface area contributed by atoms with Gasteiger partial charge in [0.2, 0.25) is 0 Å². The van der Waals surface area contributed by atoms with E-state index in [0.717, 1.165) is 11.1 Å². The second-order valence-corrected chi connectivity index (χ2v) is 4.52. The standard InChI is InChI=1S/C15H13ClO3/c1-10-8-13(9-11(2)15(10)16)19-14(17)6-5-12-4-3-7-18-12/h3-9H,1-2H3. The van der Waals surface area contributed by atoms with E-state index in [2.05, 4.69) is 0 Å². The number of halogens is 1. The number of aryl methyl sites for hydroxylation is 2. The maximum atomic E-state index is 11.6. The van der Waals surface area contributed by atoms with Crippen LogP contribution in [0.25, 0.3) is 6.08 Å². The van der Waals surface area contributed by atoms with Gasteiger partial charge in [0.05, 0.1) is 6.26 Å². The van der Waals surface area contributed by atoms with Crippen molar-refractivity contribution in [2.24, 2.45) is 0 Å². The van der Waals surface area contributed by atoms with Gasteiger partial charge in [-0.15, -0.1) is 0 Å². The third-order valence-corrected chi connectivity index (χ3v) is 3.15. The fraction of sp³-hybridized carbons (Fsp3) is 0.133. The lowest BCUT2D eigenvalue weighted by Gasteiger charge is -2.06. The molecule has 0 fully saturated rings. The summed E-state index contributed by atoms with van der Waals surface area (Å²) < 4.78 is 10.3. The van der Waals surface area contributed by atoms with Crippen molar-refractivity contribution >= 4 is 23.6 Å². The van der Waals surface area contributed by atoms with Crippen LogP contribution in [-0.4, -0.2) is 5.97 Å². The van der Waals surface area contributed by atoms with Crippen LogP contribution in [0.15, 0.2) is 41.0 Å². The molecule has 1 aromatic carbocycles. The van der Waals surface area contributed by atoms with Gasteiger partial charge in [-0.3, -0.25) is 0 Å². The van der Waals surface area contributed by atoms with Crippen LogP contribution < -0.4 is 4.74 Å². The molecule has 3 nitrogen and oxygen atoms in total. The predicted molar refractivity (Wildman–Crippen MR) is 74.3 cm³/mol. The van der Waals surface area contributed by atoms with Crippen LogP contribution in [0.2, 0.25) is 5.02 Å². The monoisotopic (exact) mass is 276 g/mol. The van der Waals surface area contributed by atoms with E-state index in [0.29, 0.717) is 16.5 Å². The molecule has 0 aliphatic heterocycles. The first-order valence-electron chi connectivity index (χ1n) is 5.76. The second kappa shape index (κ2) is 5.76. The summed E-state index contributed by atoms with van der Waals surface area (Å²) >= 11 is 6.05. The summed E-state index contributed by atoms with van der Waals surface area (Å²) in [5.74, 6) is 0.617. The SMILES string of the molecule is Cc1cc(OC(=O)C=Cc2ccco2)cc(C)c1Cl. The normalized spacial score (nSPS) is 10.9. The highest BCUT2D eigenvalue weighted by Gasteiger charge is 2.06. The molecule has 0 atom stereocenters. The van der Waals surface area contributed by atoms with Crippen molar-refractivity contribution < 1.29 is 13.9 Å². The van der Waals surface area contributed by atoms with Gasteiger partial charge in [-0.25, -0.2) is 4.79 Å². The lowest BCUT2D eigenvalue weighted by molar-refractivity contribution is -0.128. The lowest BCUT2D eigenvalue weighted by atomic mass is 10.1. The summed E-state index contributed by atoms with van der Waals surface area (Å²) in [6.07, 6.45) is 4.41.